The van der Waals surface area contributed by atoms with Gasteiger partial charge in [-0.1, -0.05) is 37.0 Å². The summed E-state index contributed by atoms with van der Waals surface area (Å²) in [6, 6.07) is 6.59. The van der Waals surface area contributed by atoms with Gasteiger partial charge in [0.05, 0.1) is 10.7 Å². The highest BCUT2D eigenvalue weighted by Gasteiger charge is 2.27. The van der Waals surface area contributed by atoms with E-state index in [2.05, 4.69) is 31.0 Å². The minimum absolute atomic E-state index is 0.427. The monoisotopic (exact) mass is 286 g/mol. The van der Waals surface area contributed by atoms with Crippen molar-refractivity contribution in [3.05, 3.63) is 28.2 Å². The van der Waals surface area contributed by atoms with Crippen molar-refractivity contribution in [1.29, 1.82) is 0 Å². The summed E-state index contributed by atoms with van der Waals surface area (Å²) in [4.78, 5) is 2.36. The van der Waals surface area contributed by atoms with Crippen LogP contribution in [0.1, 0.15) is 20.8 Å². The summed E-state index contributed by atoms with van der Waals surface area (Å²) in [5.41, 5.74) is 1.05. The number of hydrogen-bond acceptors (Lipinski definition) is 2. The van der Waals surface area contributed by atoms with Gasteiger partial charge in [-0.2, -0.15) is 0 Å². The van der Waals surface area contributed by atoms with Crippen LogP contribution < -0.4 is 10.2 Å². The Bertz CT molecular complexity index is 420. The quantitative estimate of drug-likeness (QED) is 0.889. The second-order valence-electron chi connectivity index (χ2n) is 5.36. The van der Waals surface area contributed by atoms with Crippen LogP contribution in [0.3, 0.4) is 0 Å². The normalized spacial score (nSPS) is 24.7. The SMILES string of the molecule is CC(C)C1CN(c2cc(Cl)ccc2Cl)C(C)CN1. The molecule has 0 radical (unpaired) electrons. The highest BCUT2D eigenvalue weighted by Crippen LogP contribution is 2.31. The van der Waals surface area contributed by atoms with Gasteiger partial charge in [-0.05, 0) is 31.0 Å². The molecule has 0 bridgehead atoms. The maximum absolute atomic E-state index is 6.30. The maximum atomic E-state index is 6.30. The molecule has 1 saturated heterocycles. The topological polar surface area (TPSA) is 15.3 Å². The molecule has 1 aliphatic heterocycles. The summed E-state index contributed by atoms with van der Waals surface area (Å²) in [7, 11) is 0. The molecule has 1 fully saturated rings. The molecule has 2 rings (SSSR count). The third-order valence-corrected chi connectivity index (χ3v) is 4.18. The first-order valence-electron chi connectivity index (χ1n) is 6.44. The van der Waals surface area contributed by atoms with Gasteiger partial charge in [-0.25, -0.2) is 0 Å². The average molecular weight is 287 g/mol. The highest BCUT2D eigenvalue weighted by atomic mass is 35.5. The first kappa shape index (κ1) is 14.0. The van der Waals surface area contributed by atoms with E-state index in [-0.39, 0.29) is 0 Å². The molecule has 2 nitrogen and oxygen atoms in total. The van der Waals surface area contributed by atoms with Crippen molar-refractivity contribution in [2.75, 3.05) is 18.0 Å². The average Bonchev–Trinajstić information content (AvgIpc) is 2.33. The van der Waals surface area contributed by atoms with E-state index in [1.807, 2.05) is 18.2 Å². The molecule has 0 spiro atoms. The van der Waals surface area contributed by atoms with Crippen LogP contribution in [0.4, 0.5) is 5.69 Å². The molecule has 0 amide bonds. The fourth-order valence-electron chi connectivity index (χ4n) is 2.38. The van der Waals surface area contributed by atoms with Crippen LogP contribution >= 0.6 is 23.2 Å². The van der Waals surface area contributed by atoms with Crippen molar-refractivity contribution in [3.8, 4) is 0 Å². The van der Waals surface area contributed by atoms with Crippen LogP contribution in [0.2, 0.25) is 10.0 Å². The molecule has 4 heteroatoms. The summed E-state index contributed by atoms with van der Waals surface area (Å²) in [5.74, 6) is 0.609. The lowest BCUT2D eigenvalue weighted by molar-refractivity contribution is 0.337. The zero-order valence-corrected chi connectivity index (χ0v) is 12.6. The number of anilines is 1. The Labute approximate surface area is 119 Å². The summed E-state index contributed by atoms with van der Waals surface area (Å²) < 4.78 is 0. The second kappa shape index (κ2) is 5.68. The van der Waals surface area contributed by atoms with E-state index in [1.165, 1.54) is 0 Å². The van der Waals surface area contributed by atoms with E-state index in [1.54, 1.807) is 0 Å². The zero-order valence-electron chi connectivity index (χ0n) is 11.1. The molecule has 0 aliphatic carbocycles. The Morgan fingerprint density at radius 3 is 2.72 bits per heavy atom. The zero-order chi connectivity index (χ0) is 13.3. The van der Waals surface area contributed by atoms with Crippen molar-refractivity contribution < 1.29 is 0 Å². The largest absolute Gasteiger partial charge is 0.365 e. The van der Waals surface area contributed by atoms with Gasteiger partial charge >= 0.3 is 0 Å². The Hall–Kier alpha value is -0.440. The molecule has 100 valence electrons. The molecule has 2 unspecified atom stereocenters. The van der Waals surface area contributed by atoms with Crippen molar-refractivity contribution in [1.82, 2.24) is 5.32 Å². The molecule has 0 saturated carbocycles. The molecular weight excluding hydrogens is 267 g/mol. The second-order valence-corrected chi connectivity index (χ2v) is 6.20. The number of nitrogens with one attached hydrogen (secondary N) is 1. The van der Waals surface area contributed by atoms with E-state index in [0.717, 1.165) is 28.8 Å². The molecule has 1 aromatic rings. The molecule has 0 aromatic heterocycles. The van der Waals surface area contributed by atoms with E-state index < -0.39 is 0 Å². The van der Waals surface area contributed by atoms with Crippen LogP contribution in [-0.4, -0.2) is 25.2 Å². The van der Waals surface area contributed by atoms with Crippen molar-refractivity contribution in [2.45, 2.75) is 32.9 Å². The molecule has 1 heterocycles. The highest BCUT2D eigenvalue weighted by molar-refractivity contribution is 6.35. The van der Waals surface area contributed by atoms with Crippen molar-refractivity contribution in [2.24, 2.45) is 5.92 Å². The van der Waals surface area contributed by atoms with Crippen molar-refractivity contribution in [3.63, 3.8) is 0 Å². The van der Waals surface area contributed by atoms with Gasteiger partial charge < -0.3 is 10.2 Å². The number of halogens is 2. The van der Waals surface area contributed by atoms with Crippen molar-refractivity contribution >= 4 is 28.9 Å². The van der Waals surface area contributed by atoms with Gasteiger partial charge in [-0.15, -0.1) is 0 Å². The first-order chi connectivity index (χ1) is 8.49. The Morgan fingerprint density at radius 2 is 2.06 bits per heavy atom. The number of nitrogens with zero attached hydrogens (tertiary/aromatic N) is 1. The van der Waals surface area contributed by atoms with E-state index in [4.69, 9.17) is 23.2 Å². The molecule has 1 aromatic carbocycles. The smallest absolute Gasteiger partial charge is 0.0640 e. The van der Waals surface area contributed by atoms with E-state index in [0.29, 0.717) is 18.0 Å². The van der Waals surface area contributed by atoms with E-state index >= 15 is 0 Å². The van der Waals surface area contributed by atoms with Gasteiger partial charge in [0.1, 0.15) is 0 Å². The van der Waals surface area contributed by atoms with Gasteiger partial charge in [-0.3, -0.25) is 0 Å². The summed E-state index contributed by atoms with van der Waals surface area (Å²) in [5, 5.41) is 5.10. The fourth-order valence-corrected chi connectivity index (χ4v) is 2.77. The molecular formula is C14H20Cl2N2. The van der Waals surface area contributed by atoms with Crippen LogP contribution in [0, 0.1) is 5.92 Å². The van der Waals surface area contributed by atoms with Gasteiger partial charge in [0.25, 0.3) is 0 Å². The minimum Gasteiger partial charge on any atom is -0.365 e. The Kier molecular flexibility index (Phi) is 4.41. The van der Waals surface area contributed by atoms with Gasteiger partial charge in [0, 0.05) is 30.2 Å². The lowest BCUT2D eigenvalue weighted by Gasteiger charge is -2.42. The maximum Gasteiger partial charge on any atom is 0.0640 e. The number of benzene rings is 1. The predicted octanol–water partition coefficient (Wildman–Crippen LogP) is 3.82. The molecule has 1 aliphatic rings. The standard InChI is InChI=1S/C14H20Cl2N2/c1-9(2)13-8-18(10(3)7-17-13)14-6-11(15)4-5-12(14)16/h4-6,9-10,13,17H,7-8H2,1-3H3. The minimum atomic E-state index is 0.427. The first-order valence-corrected chi connectivity index (χ1v) is 7.19. The summed E-state index contributed by atoms with van der Waals surface area (Å²) >= 11 is 12.4. The third-order valence-electron chi connectivity index (χ3n) is 3.62. The van der Waals surface area contributed by atoms with Crippen LogP contribution in [0.15, 0.2) is 18.2 Å². The number of hydrogen-bond donors (Lipinski definition) is 1. The predicted molar refractivity (Wildman–Crippen MR) is 79.9 cm³/mol. The fraction of sp³-hybridized carbons (Fsp3) is 0.571. The summed E-state index contributed by atoms with van der Waals surface area (Å²) in [6.07, 6.45) is 0. The van der Waals surface area contributed by atoms with Crippen LogP contribution in [0.25, 0.3) is 0 Å². The number of rotatable bonds is 2. The number of piperazine rings is 1. The third kappa shape index (κ3) is 2.93. The lowest BCUT2D eigenvalue weighted by Crippen LogP contribution is -2.57. The van der Waals surface area contributed by atoms with Gasteiger partial charge in [0.2, 0.25) is 0 Å². The Morgan fingerprint density at radius 1 is 1.33 bits per heavy atom. The molecule has 18 heavy (non-hydrogen) atoms. The molecule has 2 atom stereocenters. The summed E-state index contributed by atoms with van der Waals surface area (Å²) in [6.45, 7) is 8.64. The van der Waals surface area contributed by atoms with Crippen LogP contribution in [0.5, 0.6) is 0 Å². The Balaban J connectivity index is 2.26. The van der Waals surface area contributed by atoms with Gasteiger partial charge in [0.15, 0.2) is 0 Å². The lowest BCUT2D eigenvalue weighted by atomic mass is 9.99. The van der Waals surface area contributed by atoms with E-state index in [9.17, 15) is 0 Å². The molecule has 1 N–H and O–H groups in total. The van der Waals surface area contributed by atoms with Crippen LogP contribution in [-0.2, 0) is 0 Å².